The van der Waals surface area contributed by atoms with Crippen LogP contribution in [0, 0.1) is 0 Å². The van der Waals surface area contributed by atoms with E-state index in [-0.39, 0.29) is 12.8 Å². The van der Waals surface area contributed by atoms with Crippen molar-refractivity contribution in [1.82, 2.24) is 0 Å². The summed E-state index contributed by atoms with van der Waals surface area (Å²) in [6.45, 7) is 4.24. The van der Waals surface area contributed by atoms with Gasteiger partial charge in [0.1, 0.15) is 0 Å². The molecule has 5 heteroatoms. The summed E-state index contributed by atoms with van der Waals surface area (Å²) >= 11 is 0. The Morgan fingerprint density at radius 2 is 0.957 bits per heavy atom. The molecule has 0 radical (unpaired) electrons. The minimum Gasteiger partial charge on any atom is -0.372 e. The Hall–Kier alpha value is -0.130. The van der Waals surface area contributed by atoms with Gasteiger partial charge in [0.05, 0.1) is 0 Å². The Bertz CT molecular complexity index is 367. The molecule has 0 amide bonds. The van der Waals surface area contributed by atoms with E-state index in [1.165, 1.54) is 44.9 Å². The fraction of sp³-hybridized carbons (Fsp3) is 1.00. The first kappa shape index (κ1) is 22.9. The third kappa shape index (κ3) is 11.1. The number of unbranched alkanes of at least 4 members (excludes halogenated alkanes) is 11. The lowest BCUT2D eigenvalue weighted by Crippen LogP contribution is -2.38. The lowest BCUT2D eigenvalue weighted by Gasteiger charge is -2.24. The molecule has 0 aromatic carbocycles. The summed E-state index contributed by atoms with van der Waals surface area (Å²) in [6.07, 6.45) is 14.3. The highest BCUT2D eigenvalue weighted by atomic mass is 32.2. The molecule has 0 heterocycles. The van der Waals surface area contributed by atoms with E-state index < -0.39 is 15.1 Å². The van der Waals surface area contributed by atoms with Crippen LogP contribution in [0.4, 0.5) is 0 Å². The van der Waals surface area contributed by atoms with E-state index in [0.29, 0.717) is 12.8 Å². The smallest absolute Gasteiger partial charge is 0.294 e. The molecular weight excluding hydrogens is 312 g/mol. The van der Waals surface area contributed by atoms with Crippen molar-refractivity contribution < 1.29 is 18.1 Å². The third-order valence-electron chi connectivity index (χ3n) is 4.57. The first-order chi connectivity index (χ1) is 10.9. The minimum absolute atomic E-state index is 0.136. The Morgan fingerprint density at radius 3 is 1.35 bits per heavy atom. The molecule has 4 nitrogen and oxygen atoms in total. The van der Waals surface area contributed by atoms with Gasteiger partial charge in [-0.25, -0.2) is 0 Å². The SMILES string of the molecule is CCCCCCCCCCCCC(O)(CCCCC)S(=O)(=O)O. The Morgan fingerprint density at radius 1 is 0.652 bits per heavy atom. The lowest BCUT2D eigenvalue weighted by atomic mass is 10.0. The van der Waals surface area contributed by atoms with Crippen molar-refractivity contribution in [2.75, 3.05) is 0 Å². The van der Waals surface area contributed by atoms with Crippen molar-refractivity contribution in [3.8, 4) is 0 Å². The summed E-state index contributed by atoms with van der Waals surface area (Å²) in [5, 5.41) is 10.3. The zero-order valence-corrected chi connectivity index (χ0v) is 16.0. The summed E-state index contributed by atoms with van der Waals surface area (Å²) in [5.74, 6) is 0. The largest absolute Gasteiger partial charge is 0.372 e. The molecule has 0 fully saturated rings. The fourth-order valence-corrected chi connectivity index (χ4v) is 3.73. The first-order valence-electron chi connectivity index (χ1n) is 9.56. The van der Waals surface area contributed by atoms with Crippen molar-refractivity contribution in [2.45, 2.75) is 115 Å². The number of hydrogen-bond acceptors (Lipinski definition) is 3. The summed E-state index contributed by atoms with van der Waals surface area (Å²) in [7, 11) is -4.40. The van der Waals surface area contributed by atoms with E-state index in [9.17, 15) is 18.1 Å². The molecule has 140 valence electrons. The highest BCUT2D eigenvalue weighted by Gasteiger charge is 2.39. The molecule has 0 saturated heterocycles. The van der Waals surface area contributed by atoms with Crippen LogP contribution in [-0.4, -0.2) is 23.0 Å². The molecule has 1 unspecified atom stereocenters. The average molecular weight is 351 g/mol. The van der Waals surface area contributed by atoms with E-state index in [1.54, 1.807) is 0 Å². The second kappa shape index (κ2) is 13.2. The molecule has 0 aromatic heterocycles. The molecule has 0 bridgehead atoms. The molecule has 0 aliphatic rings. The molecule has 2 N–H and O–H groups in total. The molecular formula is C18H38O4S. The van der Waals surface area contributed by atoms with Gasteiger partial charge in [0, 0.05) is 0 Å². The molecule has 23 heavy (non-hydrogen) atoms. The molecule has 0 spiro atoms. The molecule has 0 aromatic rings. The highest BCUT2D eigenvalue weighted by Crippen LogP contribution is 2.27. The normalized spacial score (nSPS) is 14.8. The second-order valence-electron chi connectivity index (χ2n) is 6.81. The summed E-state index contributed by atoms with van der Waals surface area (Å²) in [5.41, 5.74) is 0. The van der Waals surface area contributed by atoms with Gasteiger partial charge < -0.3 is 5.11 Å². The van der Waals surface area contributed by atoms with E-state index in [0.717, 1.165) is 25.7 Å². The number of aliphatic hydroxyl groups is 1. The van der Waals surface area contributed by atoms with Gasteiger partial charge in [-0.1, -0.05) is 84.5 Å². The Labute approximate surface area is 143 Å². The predicted octanol–water partition coefficient (Wildman–Crippen LogP) is 5.45. The van der Waals surface area contributed by atoms with Crippen molar-refractivity contribution in [3.05, 3.63) is 0 Å². The average Bonchev–Trinajstić information content (AvgIpc) is 2.48. The van der Waals surface area contributed by atoms with Gasteiger partial charge in [-0.15, -0.1) is 0 Å². The maximum Gasteiger partial charge on any atom is 0.294 e. The van der Waals surface area contributed by atoms with Crippen molar-refractivity contribution in [3.63, 3.8) is 0 Å². The monoisotopic (exact) mass is 350 g/mol. The standard InChI is InChI=1S/C18H38O4S/c1-3-5-7-8-9-10-11-12-13-15-17-18(19,23(20,21)22)16-14-6-4-2/h19H,3-17H2,1-2H3,(H,20,21,22). The third-order valence-corrected chi connectivity index (χ3v) is 5.94. The first-order valence-corrected chi connectivity index (χ1v) is 11.0. The van der Waals surface area contributed by atoms with Gasteiger partial charge >= 0.3 is 0 Å². The van der Waals surface area contributed by atoms with Crippen LogP contribution < -0.4 is 0 Å². The number of rotatable bonds is 16. The minimum atomic E-state index is -4.40. The fourth-order valence-electron chi connectivity index (χ4n) is 2.92. The zero-order valence-electron chi connectivity index (χ0n) is 15.2. The number of hydrogen-bond donors (Lipinski definition) is 2. The van der Waals surface area contributed by atoms with Crippen molar-refractivity contribution in [1.29, 1.82) is 0 Å². The van der Waals surface area contributed by atoms with Crippen LogP contribution in [0.2, 0.25) is 0 Å². The van der Waals surface area contributed by atoms with E-state index in [2.05, 4.69) is 6.92 Å². The molecule has 0 saturated carbocycles. The van der Waals surface area contributed by atoms with Crippen LogP contribution in [0.5, 0.6) is 0 Å². The van der Waals surface area contributed by atoms with Crippen LogP contribution in [0.25, 0.3) is 0 Å². The summed E-state index contributed by atoms with van der Waals surface area (Å²) in [6, 6.07) is 0. The lowest BCUT2D eigenvalue weighted by molar-refractivity contribution is 0.0886. The Kier molecular flexibility index (Phi) is 13.1. The summed E-state index contributed by atoms with van der Waals surface area (Å²) in [4.78, 5) is -1.94. The quantitative estimate of drug-likeness (QED) is 0.286. The molecule has 0 aliphatic carbocycles. The molecule has 1 atom stereocenters. The van der Waals surface area contributed by atoms with Gasteiger partial charge in [0.25, 0.3) is 10.1 Å². The van der Waals surface area contributed by atoms with Gasteiger partial charge in [-0.05, 0) is 25.7 Å². The Balaban J connectivity index is 3.83. The van der Waals surface area contributed by atoms with Crippen molar-refractivity contribution in [2.24, 2.45) is 0 Å². The van der Waals surface area contributed by atoms with Crippen LogP contribution in [0.3, 0.4) is 0 Å². The summed E-state index contributed by atoms with van der Waals surface area (Å²) < 4.78 is 32.2. The predicted molar refractivity (Wildman–Crippen MR) is 97.1 cm³/mol. The van der Waals surface area contributed by atoms with Gasteiger partial charge in [0.15, 0.2) is 4.93 Å². The molecule has 0 rings (SSSR count). The van der Waals surface area contributed by atoms with Crippen LogP contribution >= 0.6 is 0 Å². The van der Waals surface area contributed by atoms with Gasteiger partial charge in [0.2, 0.25) is 0 Å². The van der Waals surface area contributed by atoms with E-state index in [1.807, 2.05) is 6.92 Å². The zero-order chi connectivity index (χ0) is 17.6. The van der Waals surface area contributed by atoms with Crippen LogP contribution in [0.1, 0.15) is 110 Å². The van der Waals surface area contributed by atoms with Gasteiger partial charge in [-0.3, -0.25) is 4.55 Å². The van der Waals surface area contributed by atoms with Gasteiger partial charge in [-0.2, -0.15) is 8.42 Å². The van der Waals surface area contributed by atoms with E-state index in [4.69, 9.17) is 0 Å². The highest BCUT2D eigenvalue weighted by molar-refractivity contribution is 7.87. The maximum absolute atomic E-state index is 11.4. The van der Waals surface area contributed by atoms with Crippen LogP contribution in [-0.2, 0) is 10.1 Å². The van der Waals surface area contributed by atoms with E-state index >= 15 is 0 Å². The maximum atomic E-state index is 11.4. The topological polar surface area (TPSA) is 74.6 Å². The molecule has 0 aliphatic heterocycles. The van der Waals surface area contributed by atoms with Crippen molar-refractivity contribution >= 4 is 10.1 Å². The second-order valence-corrected chi connectivity index (χ2v) is 8.52. The van der Waals surface area contributed by atoms with Crippen LogP contribution in [0.15, 0.2) is 0 Å².